The van der Waals surface area contributed by atoms with Crippen LogP contribution in [0.15, 0.2) is 60.7 Å². The zero-order chi connectivity index (χ0) is 23.1. The van der Waals surface area contributed by atoms with Gasteiger partial charge in [0, 0.05) is 26.7 Å². The molecule has 1 atom stereocenters. The molecule has 1 amide bonds. The van der Waals surface area contributed by atoms with Crippen molar-refractivity contribution in [3.63, 3.8) is 0 Å². The largest absolute Gasteiger partial charge is 0.493 e. The number of benzene rings is 3. The van der Waals surface area contributed by atoms with Gasteiger partial charge in [-0.15, -0.1) is 11.3 Å². The van der Waals surface area contributed by atoms with Crippen molar-refractivity contribution in [2.24, 2.45) is 0 Å². The van der Waals surface area contributed by atoms with Gasteiger partial charge in [0.15, 0.2) is 0 Å². The van der Waals surface area contributed by atoms with Gasteiger partial charge < -0.3 is 10.1 Å². The number of fused-ring (bicyclic) bond motifs is 2. The fraction of sp³-hybridized carbons (Fsp3) is 0.222. The number of ether oxygens (including phenoxy) is 1. The van der Waals surface area contributed by atoms with Crippen LogP contribution in [0.2, 0.25) is 10.0 Å². The van der Waals surface area contributed by atoms with Gasteiger partial charge in [0.1, 0.15) is 5.75 Å². The van der Waals surface area contributed by atoms with Gasteiger partial charge in [-0.25, -0.2) is 0 Å². The maximum atomic E-state index is 13.6. The third kappa shape index (κ3) is 4.23. The minimum absolute atomic E-state index is 0.0447. The first-order valence-electron chi connectivity index (χ1n) is 11.0. The summed E-state index contributed by atoms with van der Waals surface area (Å²) in [4.78, 5) is 14.3. The molecule has 3 aromatic carbocycles. The summed E-state index contributed by atoms with van der Waals surface area (Å²) in [6.07, 6.45) is 0.747. The number of halogens is 2. The van der Waals surface area contributed by atoms with Gasteiger partial charge >= 0.3 is 0 Å². The highest BCUT2D eigenvalue weighted by Crippen LogP contribution is 2.42. The van der Waals surface area contributed by atoms with E-state index in [4.69, 9.17) is 27.9 Å². The molecule has 5 rings (SSSR count). The molecule has 1 N–H and O–H groups in total. The Hall–Kier alpha value is -2.53. The average molecular weight is 496 g/mol. The molecule has 33 heavy (non-hydrogen) atoms. The highest BCUT2D eigenvalue weighted by molar-refractivity contribution is 7.21. The molecule has 6 heteroatoms. The van der Waals surface area contributed by atoms with Gasteiger partial charge in [-0.05, 0) is 52.3 Å². The van der Waals surface area contributed by atoms with Crippen molar-refractivity contribution < 1.29 is 9.53 Å². The van der Waals surface area contributed by atoms with Crippen LogP contribution in [0.5, 0.6) is 5.75 Å². The van der Waals surface area contributed by atoms with E-state index < -0.39 is 0 Å². The van der Waals surface area contributed by atoms with E-state index in [1.807, 2.05) is 42.5 Å². The molecule has 168 valence electrons. The van der Waals surface area contributed by atoms with Gasteiger partial charge in [0.05, 0.1) is 17.5 Å². The fourth-order valence-corrected chi connectivity index (χ4v) is 6.45. The Balaban J connectivity index is 1.59. The quantitative estimate of drug-likeness (QED) is 0.309. The van der Waals surface area contributed by atoms with Crippen molar-refractivity contribution in [1.82, 2.24) is 5.32 Å². The number of para-hydroxylation sites is 1. The van der Waals surface area contributed by atoms with E-state index in [1.165, 1.54) is 11.3 Å². The van der Waals surface area contributed by atoms with Crippen LogP contribution in [-0.4, -0.2) is 12.5 Å². The maximum absolute atomic E-state index is 13.6. The van der Waals surface area contributed by atoms with E-state index in [0.29, 0.717) is 16.7 Å². The van der Waals surface area contributed by atoms with E-state index >= 15 is 0 Å². The number of hydrogen-bond acceptors (Lipinski definition) is 3. The molecule has 3 nitrogen and oxygen atoms in total. The molecule has 1 aromatic heterocycles. The Labute approximate surface area is 207 Å². The Morgan fingerprint density at radius 1 is 1.06 bits per heavy atom. The van der Waals surface area contributed by atoms with Crippen molar-refractivity contribution in [2.75, 3.05) is 6.61 Å². The second kappa shape index (κ2) is 9.02. The standard InChI is InChI=1S/C27H23Cl2NO2S/c1-15(2)24-21-8-5-7-19(16-12-17(28)14-18(29)13-16)25(21)33-26(24)27(31)30-22-10-11-32-23-9-4-3-6-20(22)23/h3-9,12-15,22H,10-11H2,1-2H3,(H,30,31)/t22-/m0/s1. The lowest BCUT2D eigenvalue weighted by atomic mass is 9.95. The smallest absolute Gasteiger partial charge is 0.262 e. The van der Waals surface area contributed by atoms with E-state index in [2.05, 4.69) is 31.3 Å². The first kappa shape index (κ1) is 22.3. The summed E-state index contributed by atoms with van der Waals surface area (Å²) in [6.45, 7) is 4.85. The second-order valence-corrected chi connectivity index (χ2v) is 10.4. The Morgan fingerprint density at radius 3 is 2.58 bits per heavy atom. The van der Waals surface area contributed by atoms with Crippen LogP contribution >= 0.6 is 34.5 Å². The zero-order valence-corrected chi connectivity index (χ0v) is 20.7. The highest BCUT2D eigenvalue weighted by atomic mass is 35.5. The van der Waals surface area contributed by atoms with Crippen LogP contribution in [0.4, 0.5) is 0 Å². The van der Waals surface area contributed by atoms with Crippen molar-refractivity contribution in [3.05, 3.63) is 86.7 Å². The third-order valence-corrected chi connectivity index (χ3v) is 7.66. The molecule has 2 heterocycles. The van der Waals surface area contributed by atoms with Gasteiger partial charge in [0.2, 0.25) is 0 Å². The molecule has 4 aromatic rings. The predicted molar refractivity (Wildman–Crippen MR) is 138 cm³/mol. The summed E-state index contributed by atoms with van der Waals surface area (Å²) in [5.74, 6) is 0.992. The molecule has 0 spiro atoms. The summed E-state index contributed by atoms with van der Waals surface area (Å²) in [5.41, 5.74) is 4.07. The number of nitrogens with one attached hydrogen (secondary N) is 1. The Bertz CT molecular complexity index is 1340. The number of amides is 1. The van der Waals surface area contributed by atoms with Gasteiger partial charge in [-0.2, -0.15) is 0 Å². The van der Waals surface area contributed by atoms with Crippen molar-refractivity contribution in [2.45, 2.75) is 32.2 Å². The number of hydrogen-bond donors (Lipinski definition) is 1. The van der Waals surface area contributed by atoms with Gasteiger partial charge in [-0.3, -0.25) is 4.79 Å². The van der Waals surface area contributed by atoms with Crippen LogP contribution < -0.4 is 10.1 Å². The molecule has 1 aliphatic heterocycles. The Kier molecular flexibility index (Phi) is 6.09. The lowest BCUT2D eigenvalue weighted by Gasteiger charge is -2.26. The summed E-state index contributed by atoms with van der Waals surface area (Å²) in [6, 6.07) is 19.6. The second-order valence-electron chi connectivity index (χ2n) is 8.54. The minimum Gasteiger partial charge on any atom is -0.493 e. The van der Waals surface area contributed by atoms with Crippen molar-refractivity contribution in [1.29, 1.82) is 0 Å². The van der Waals surface area contributed by atoms with E-state index in [0.717, 1.165) is 49.4 Å². The zero-order valence-electron chi connectivity index (χ0n) is 18.3. The van der Waals surface area contributed by atoms with Gasteiger partial charge in [0.25, 0.3) is 5.91 Å². The molecule has 0 fully saturated rings. The Morgan fingerprint density at radius 2 is 1.82 bits per heavy atom. The average Bonchev–Trinajstić information content (AvgIpc) is 3.19. The molecule has 0 unspecified atom stereocenters. The predicted octanol–water partition coefficient (Wildman–Crippen LogP) is 8.25. The summed E-state index contributed by atoms with van der Waals surface area (Å²) >= 11 is 14.1. The lowest BCUT2D eigenvalue weighted by Crippen LogP contribution is -2.32. The summed E-state index contributed by atoms with van der Waals surface area (Å²) < 4.78 is 6.83. The molecule has 0 saturated heterocycles. The summed E-state index contributed by atoms with van der Waals surface area (Å²) in [7, 11) is 0. The van der Waals surface area contributed by atoms with E-state index in [-0.39, 0.29) is 17.9 Å². The summed E-state index contributed by atoms with van der Waals surface area (Å²) in [5, 5.41) is 5.55. The fourth-order valence-electron chi connectivity index (χ4n) is 4.53. The van der Waals surface area contributed by atoms with Crippen molar-refractivity contribution >= 4 is 50.5 Å². The number of rotatable bonds is 4. The molecule has 1 aliphatic rings. The first-order chi connectivity index (χ1) is 15.9. The molecule has 0 aliphatic carbocycles. The molecule has 0 radical (unpaired) electrons. The van der Waals surface area contributed by atoms with Crippen LogP contribution in [0.3, 0.4) is 0 Å². The monoisotopic (exact) mass is 495 g/mol. The lowest BCUT2D eigenvalue weighted by molar-refractivity contribution is 0.0928. The molecule has 0 saturated carbocycles. The minimum atomic E-state index is -0.0705. The third-order valence-electron chi connectivity index (χ3n) is 5.97. The number of thiophene rings is 1. The molecular weight excluding hydrogens is 473 g/mol. The van der Waals surface area contributed by atoms with Crippen LogP contribution in [0.25, 0.3) is 21.2 Å². The normalized spacial score (nSPS) is 15.4. The van der Waals surface area contributed by atoms with Crippen LogP contribution in [0, 0.1) is 0 Å². The SMILES string of the molecule is CC(C)c1c(C(=O)N[C@H]2CCOc3ccccc32)sc2c(-c3cc(Cl)cc(Cl)c3)cccc12. The highest BCUT2D eigenvalue weighted by Gasteiger charge is 2.27. The van der Waals surface area contributed by atoms with Gasteiger partial charge in [-0.1, -0.05) is 73.4 Å². The molecular formula is C27H23Cl2NO2S. The van der Waals surface area contributed by atoms with Crippen LogP contribution in [-0.2, 0) is 0 Å². The first-order valence-corrected chi connectivity index (χ1v) is 12.5. The number of carbonyl (C=O) groups is 1. The maximum Gasteiger partial charge on any atom is 0.262 e. The van der Waals surface area contributed by atoms with Crippen LogP contribution in [0.1, 0.15) is 53.0 Å². The topological polar surface area (TPSA) is 38.3 Å². The van der Waals surface area contributed by atoms with E-state index in [1.54, 1.807) is 6.07 Å². The number of carbonyl (C=O) groups excluding carboxylic acids is 1. The van der Waals surface area contributed by atoms with Crippen molar-refractivity contribution in [3.8, 4) is 16.9 Å². The van der Waals surface area contributed by atoms with E-state index in [9.17, 15) is 4.79 Å². The molecule has 0 bridgehead atoms.